The Morgan fingerprint density at radius 2 is 2.13 bits per heavy atom. The zero-order valence-electron chi connectivity index (χ0n) is 8.70. The second-order valence-electron chi connectivity index (χ2n) is 4.26. The summed E-state index contributed by atoms with van der Waals surface area (Å²) in [5, 5.41) is 0. The van der Waals surface area contributed by atoms with Crippen molar-refractivity contribution in [2.24, 2.45) is 5.92 Å². The summed E-state index contributed by atoms with van der Waals surface area (Å²) in [5.41, 5.74) is 4.32. The molecule has 3 rings (SSSR count). The molecule has 1 heterocycles. The van der Waals surface area contributed by atoms with Crippen molar-refractivity contribution in [1.82, 2.24) is 0 Å². The van der Waals surface area contributed by atoms with Gasteiger partial charge in [-0.05, 0) is 34.9 Å². The molecule has 0 spiro atoms. The van der Waals surface area contributed by atoms with Crippen molar-refractivity contribution in [2.45, 2.75) is 12.8 Å². The molecule has 76 valence electrons. The van der Waals surface area contributed by atoms with Gasteiger partial charge in [-0.3, -0.25) is 0 Å². The minimum absolute atomic E-state index is 0.610. The maximum absolute atomic E-state index is 4.22. The molecule has 1 aliphatic heterocycles. The predicted octanol–water partition coefficient (Wildman–Crippen LogP) is 3.89. The molecule has 0 nitrogen and oxygen atoms in total. The van der Waals surface area contributed by atoms with Crippen LogP contribution in [-0.2, 0) is 6.42 Å². The zero-order valence-corrected chi connectivity index (χ0v) is 9.52. The van der Waals surface area contributed by atoms with Crippen LogP contribution in [0.25, 0.3) is 6.08 Å². The van der Waals surface area contributed by atoms with Gasteiger partial charge < -0.3 is 0 Å². The lowest BCUT2D eigenvalue weighted by atomic mass is 9.84. The van der Waals surface area contributed by atoms with Crippen LogP contribution in [-0.4, -0.2) is 5.75 Å². The van der Waals surface area contributed by atoms with E-state index in [4.69, 9.17) is 0 Å². The highest BCUT2D eigenvalue weighted by molar-refractivity contribution is 8.03. The van der Waals surface area contributed by atoms with Gasteiger partial charge in [0, 0.05) is 11.7 Å². The number of fused-ring (bicyclic) bond motifs is 2. The Hall–Kier alpha value is -0.950. The van der Waals surface area contributed by atoms with Crippen LogP contribution in [0.1, 0.15) is 17.5 Å². The number of thioether (sulfide) groups is 1. The fourth-order valence-corrected chi connectivity index (χ4v) is 3.66. The van der Waals surface area contributed by atoms with E-state index in [9.17, 15) is 0 Å². The number of allylic oxidation sites excluding steroid dienone is 2. The van der Waals surface area contributed by atoms with Crippen molar-refractivity contribution < 1.29 is 0 Å². The maximum atomic E-state index is 4.22. The molecule has 0 saturated carbocycles. The van der Waals surface area contributed by atoms with Gasteiger partial charge in [-0.15, -0.1) is 11.8 Å². The van der Waals surface area contributed by atoms with Crippen LogP contribution in [0.15, 0.2) is 41.3 Å². The SMILES string of the molecule is C=C1CCSC2=Cc3ccccc3CC12. The minimum atomic E-state index is 0.610. The molecule has 1 heteroatoms. The number of hydrogen-bond acceptors (Lipinski definition) is 1. The number of benzene rings is 1. The molecule has 2 aliphatic rings. The van der Waals surface area contributed by atoms with E-state index in [1.807, 2.05) is 11.8 Å². The molecule has 0 bridgehead atoms. The molecule has 0 radical (unpaired) electrons. The van der Waals surface area contributed by atoms with Crippen LogP contribution < -0.4 is 0 Å². The first-order valence-electron chi connectivity index (χ1n) is 5.44. The summed E-state index contributed by atoms with van der Waals surface area (Å²) >= 11 is 2.01. The molecule has 1 saturated heterocycles. The molecular formula is C14H14S. The Labute approximate surface area is 95.1 Å². The Balaban J connectivity index is 2.06. The van der Waals surface area contributed by atoms with Crippen molar-refractivity contribution in [3.63, 3.8) is 0 Å². The lowest BCUT2D eigenvalue weighted by Gasteiger charge is -2.31. The fraction of sp³-hybridized carbons (Fsp3) is 0.286. The van der Waals surface area contributed by atoms with Gasteiger partial charge in [0.1, 0.15) is 0 Å². The van der Waals surface area contributed by atoms with Crippen molar-refractivity contribution >= 4 is 17.8 Å². The summed E-state index contributed by atoms with van der Waals surface area (Å²) in [6, 6.07) is 8.72. The first-order chi connectivity index (χ1) is 7.34. The van der Waals surface area contributed by atoms with E-state index >= 15 is 0 Å². The fourth-order valence-electron chi connectivity index (χ4n) is 2.40. The average Bonchev–Trinajstić information content (AvgIpc) is 2.27. The number of hydrogen-bond donors (Lipinski definition) is 0. The molecule has 1 aromatic rings. The average molecular weight is 214 g/mol. The van der Waals surface area contributed by atoms with Gasteiger partial charge in [0.15, 0.2) is 0 Å². The monoisotopic (exact) mass is 214 g/mol. The topological polar surface area (TPSA) is 0 Å². The Morgan fingerprint density at radius 3 is 3.07 bits per heavy atom. The van der Waals surface area contributed by atoms with E-state index in [-0.39, 0.29) is 0 Å². The Kier molecular flexibility index (Phi) is 2.21. The van der Waals surface area contributed by atoms with Crippen LogP contribution in [0.3, 0.4) is 0 Å². The second-order valence-corrected chi connectivity index (χ2v) is 5.43. The largest absolute Gasteiger partial charge is 0.130 e. The summed E-state index contributed by atoms with van der Waals surface area (Å²) in [5.74, 6) is 1.82. The van der Waals surface area contributed by atoms with Gasteiger partial charge >= 0.3 is 0 Å². The summed E-state index contributed by atoms with van der Waals surface area (Å²) in [6.45, 7) is 4.22. The molecule has 0 aromatic heterocycles. The Bertz CT molecular complexity index is 442. The van der Waals surface area contributed by atoms with E-state index in [0.29, 0.717) is 5.92 Å². The third kappa shape index (κ3) is 1.55. The normalized spacial score (nSPS) is 24.1. The molecule has 0 N–H and O–H groups in total. The van der Waals surface area contributed by atoms with E-state index in [1.54, 1.807) is 0 Å². The lowest BCUT2D eigenvalue weighted by Crippen LogP contribution is -2.17. The first kappa shape index (κ1) is 9.29. The lowest BCUT2D eigenvalue weighted by molar-refractivity contribution is 0.701. The van der Waals surface area contributed by atoms with Crippen molar-refractivity contribution in [1.29, 1.82) is 0 Å². The molecule has 1 aromatic carbocycles. The van der Waals surface area contributed by atoms with Gasteiger partial charge in [-0.1, -0.05) is 36.4 Å². The van der Waals surface area contributed by atoms with Crippen LogP contribution in [0.4, 0.5) is 0 Å². The summed E-state index contributed by atoms with van der Waals surface area (Å²) in [4.78, 5) is 1.53. The van der Waals surface area contributed by atoms with E-state index in [0.717, 1.165) is 6.42 Å². The highest BCUT2D eigenvalue weighted by Gasteiger charge is 2.26. The molecule has 1 atom stereocenters. The first-order valence-corrected chi connectivity index (χ1v) is 6.43. The minimum Gasteiger partial charge on any atom is -0.130 e. The highest BCUT2D eigenvalue weighted by atomic mass is 32.2. The third-order valence-electron chi connectivity index (χ3n) is 3.31. The van der Waals surface area contributed by atoms with E-state index in [2.05, 4.69) is 36.9 Å². The van der Waals surface area contributed by atoms with Gasteiger partial charge in [0.25, 0.3) is 0 Å². The molecule has 1 aliphatic carbocycles. The molecular weight excluding hydrogens is 200 g/mol. The molecule has 1 unspecified atom stereocenters. The molecule has 0 amide bonds. The standard InChI is InChI=1S/C14H14S/c1-10-6-7-15-14-9-12-5-3-2-4-11(12)8-13(10)14/h2-5,9,13H,1,6-8H2. The number of rotatable bonds is 0. The van der Waals surface area contributed by atoms with Gasteiger partial charge in [0.2, 0.25) is 0 Å². The quantitative estimate of drug-likeness (QED) is 0.590. The van der Waals surface area contributed by atoms with E-state index < -0.39 is 0 Å². The predicted molar refractivity (Wildman–Crippen MR) is 67.8 cm³/mol. The summed E-state index contributed by atoms with van der Waals surface area (Å²) < 4.78 is 0. The van der Waals surface area contributed by atoms with Crippen molar-refractivity contribution in [3.05, 3.63) is 52.4 Å². The van der Waals surface area contributed by atoms with Crippen LogP contribution in [0, 0.1) is 5.92 Å². The van der Waals surface area contributed by atoms with Gasteiger partial charge in [-0.25, -0.2) is 0 Å². The van der Waals surface area contributed by atoms with Gasteiger partial charge in [0.05, 0.1) is 0 Å². The van der Waals surface area contributed by atoms with Crippen LogP contribution >= 0.6 is 11.8 Å². The van der Waals surface area contributed by atoms with Crippen LogP contribution in [0.2, 0.25) is 0 Å². The summed E-state index contributed by atoms with van der Waals surface area (Å²) in [7, 11) is 0. The summed E-state index contributed by atoms with van der Waals surface area (Å²) in [6.07, 6.45) is 4.71. The van der Waals surface area contributed by atoms with Crippen molar-refractivity contribution in [2.75, 3.05) is 5.75 Å². The second kappa shape index (κ2) is 3.57. The molecule has 15 heavy (non-hydrogen) atoms. The zero-order chi connectivity index (χ0) is 10.3. The molecule has 1 fully saturated rings. The smallest absolute Gasteiger partial charge is 0.0146 e. The van der Waals surface area contributed by atoms with Crippen LogP contribution in [0.5, 0.6) is 0 Å². The highest BCUT2D eigenvalue weighted by Crippen LogP contribution is 2.43. The van der Waals surface area contributed by atoms with Gasteiger partial charge in [-0.2, -0.15) is 0 Å². The van der Waals surface area contributed by atoms with E-state index in [1.165, 1.54) is 33.8 Å². The maximum Gasteiger partial charge on any atom is 0.0146 e. The third-order valence-corrected chi connectivity index (χ3v) is 4.45. The Morgan fingerprint density at radius 1 is 1.27 bits per heavy atom. The van der Waals surface area contributed by atoms with Crippen molar-refractivity contribution in [3.8, 4) is 0 Å².